The first-order valence-electron chi connectivity index (χ1n) is 9.40. The summed E-state index contributed by atoms with van der Waals surface area (Å²) in [5.41, 5.74) is -1.39. The van der Waals surface area contributed by atoms with Crippen LogP contribution in [0.1, 0.15) is 32.6 Å². The molecule has 1 atom stereocenters. The van der Waals surface area contributed by atoms with E-state index in [1.165, 1.54) is 24.1 Å². The van der Waals surface area contributed by atoms with E-state index in [0.717, 1.165) is 25.9 Å². The summed E-state index contributed by atoms with van der Waals surface area (Å²) in [5, 5.41) is 11.6. The van der Waals surface area contributed by atoms with Gasteiger partial charge < -0.3 is 15.3 Å². The largest absolute Gasteiger partial charge is 0.490 e. The number of carboxylic acid groups (broad SMARTS) is 1. The van der Waals surface area contributed by atoms with Crippen molar-refractivity contribution in [2.45, 2.75) is 50.4 Å². The predicted octanol–water partition coefficient (Wildman–Crippen LogP) is 0.108. The lowest BCUT2D eigenvalue weighted by atomic mass is 10.1. The number of rotatable bonds is 4. The van der Waals surface area contributed by atoms with Gasteiger partial charge in [-0.3, -0.25) is 10.1 Å². The Morgan fingerprint density at radius 2 is 1.67 bits per heavy atom. The van der Waals surface area contributed by atoms with E-state index >= 15 is 0 Å². The molecule has 3 saturated heterocycles. The molecule has 3 fully saturated rings. The minimum absolute atomic E-state index is 0.397. The number of alkyl halides is 3. The number of imide groups is 1. The number of aliphatic carboxylic acids is 1. The van der Waals surface area contributed by atoms with Crippen LogP contribution in [0.2, 0.25) is 0 Å². The van der Waals surface area contributed by atoms with Crippen LogP contribution in [0.15, 0.2) is 0 Å². The molecule has 0 aromatic rings. The molecule has 3 heterocycles. The minimum Gasteiger partial charge on any atom is -0.475 e. The fourth-order valence-electron chi connectivity index (χ4n) is 3.73. The zero-order valence-corrected chi connectivity index (χ0v) is 17.2. The molecule has 0 spiro atoms. The van der Waals surface area contributed by atoms with Crippen LogP contribution in [0.5, 0.6) is 0 Å². The smallest absolute Gasteiger partial charge is 0.475 e. The summed E-state index contributed by atoms with van der Waals surface area (Å²) < 4.78 is 58.4. The highest BCUT2D eigenvalue weighted by atomic mass is 32.2. The van der Waals surface area contributed by atoms with Gasteiger partial charge in [0.1, 0.15) is 5.54 Å². The highest BCUT2D eigenvalue weighted by Gasteiger charge is 2.47. The van der Waals surface area contributed by atoms with E-state index in [0.29, 0.717) is 19.1 Å². The Kier molecular flexibility index (Phi) is 7.35. The van der Waals surface area contributed by atoms with E-state index in [-0.39, 0.29) is 0 Å². The molecule has 0 radical (unpaired) electrons. The zero-order valence-electron chi connectivity index (χ0n) is 16.4. The Balaban J connectivity index is 0.000000396. The molecule has 14 heteroatoms. The molecule has 0 bridgehead atoms. The van der Waals surface area contributed by atoms with Gasteiger partial charge in [-0.2, -0.15) is 13.2 Å². The van der Waals surface area contributed by atoms with Crippen LogP contribution < -0.4 is 10.6 Å². The highest BCUT2D eigenvalue weighted by molar-refractivity contribution is 7.89. The van der Waals surface area contributed by atoms with E-state index in [1.807, 2.05) is 0 Å². The lowest BCUT2D eigenvalue weighted by molar-refractivity contribution is -0.192. The maximum absolute atomic E-state index is 12.6. The van der Waals surface area contributed by atoms with Crippen LogP contribution in [-0.4, -0.2) is 90.3 Å². The van der Waals surface area contributed by atoms with Crippen molar-refractivity contribution in [3.05, 3.63) is 0 Å². The molecular weight excluding hydrogens is 433 g/mol. The number of carbonyl (C=O) groups excluding carboxylic acids is 2. The van der Waals surface area contributed by atoms with Crippen molar-refractivity contribution in [3.8, 4) is 0 Å². The second-order valence-corrected chi connectivity index (χ2v) is 9.64. The first-order chi connectivity index (χ1) is 13.7. The van der Waals surface area contributed by atoms with Crippen molar-refractivity contribution in [2.24, 2.45) is 0 Å². The topological polar surface area (TPSA) is 136 Å². The van der Waals surface area contributed by atoms with Crippen LogP contribution in [-0.2, 0) is 19.6 Å². The van der Waals surface area contributed by atoms with Gasteiger partial charge in [-0.05, 0) is 45.7 Å². The summed E-state index contributed by atoms with van der Waals surface area (Å²) in [6.07, 6.45) is -0.972. The van der Waals surface area contributed by atoms with Gasteiger partial charge in [-0.15, -0.1) is 0 Å². The molecule has 0 aromatic carbocycles. The molecule has 0 unspecified atom stereocenters. The van der Waals surface area contributed by atoms with Crippen LogP contribution in [0.25, 0.3) is 0 Å². The summed E-state index contributed by atoms with van der Waals surface area (Å²) in [4.78, 5) is 34.4. The van der Waals surface area contributed by atoms with Crippen LogP contribution in [0, 0.1) is 0 Å². The maximum atomic E-state index is 12.6. The van der Waals surface area contributed by atoms with Gasteiger partial charge in [-0.25, -0.2) is 22.3 Å². The second kappa shape index (κ2) is 9.06. The van der Waals surface area contributed by atoms with Gasteiger partial charge >= 0.3 is 18.2 Å². The minimum atomic E-state index is -5.08. The van der Waals surface area contributed by atoms with Crippen LogP contribution >= 0.6 is 0 Å². The number of nitrogens with zero attached hydrogens (tertiary/aromatic N) is 2. The Morgan fingerprint density at radius 1 is 1.17 bits per heavy atom. The number of piperidine rings is 1. The Morgan fingerprint density at radius 3 is 2.07 bits per heavy atom. The van der Waals surface area contributed by atoms with Gasteiger partial charge in [0.15, 0.2) is 0 Å². The van der Waals surface area contributed by atoms with Crippen LogP contribution in [0.4, 0.5) is 18.0 Å². The number of amides is 3. The second-order valence-electron chi connectivity index (χ2n) is 7.67. The molecular formula is C16H25F3N4O6S. The summed E-state index contributed by atoms with van der Waals surface area (Å²) in [5.74, 6) is -3.74. The van der Waals surface area contributed by atoms with Crippen molar-refractivity contribution in [1.29, 1.82) is 0 Å². The number of hydrogen-bond acceptors (Lipinski definition) is 6. The van der Waals surface area contributed by atoms with E-state index in [9.17, 15) is 31.2 Å². The van der Waals surface area contributed by atoms with Gasteiger partial charge in [0.05, 0.1) is 5.75 Å². The molecule has 0 aliphatic carbocycles. The zero-order chi connectivity index (χ0) is 22.7. The Labute approximate surface area is 171 Å². The lowest BCUT2D eigenvalue weighted by Crippen LogP contribution is -2.54. The van der Waals surface area contributed by atoms with Crippen molar-refractivity contribution in [1.82, 2.24) is 19.8 Å². The molecule has 3 aliphatic heterocycles. The summed E-state index contributed by atoms with van der Waals surface area (Å²) in [6, 6.07) is -0.172. The molecule has 0 aromatic heterocycles. The normalized spacial score (nSPS) is 26.7. The Hall–Kier alpha value is -1.93. The molecule has 30 heavy (non-hydrogen) atoms. The Bertz CT molecular complexity index is 776. The monoisotopic (exact) mass is 458 g/mol. The highest BCUT2D eigenvalue weighted by Crippen LogP contribution is 2.24. The number of likely N-dealkylation sites (tertiary alicyclic amines) is 1. The lowest BCUT2D eigenvalue weighted by Gasteiger charge is -2.36. The van der Waals surface area contributed by atoms with Crippen molar-refractivity contribution in [2.75, 3.05) is 31.9 Å². The molecule has 172 valence electrons. The number of urea groups is 1. The predicted molar refractivity (Wildman–Crippen MR) is 98.0 cm³/mol. The van der Waals surface area contributed by atoms with E-state index in [4.69, 9.17) is 9.90 Å². The average Bonchev–Trinajstić information content (AvgIpc) is 3.23. The SMILES string of the molecule is C[C@]1(CS(=O)(=O)N2CCC(N3CCCC3)CC2)NC(=O)NC1=O.O=C(O)C(F)(F)F. The summed E-state index contributed by atoms with van der Waals surface area (Å²) in [6.45, 7) is 4.63. The molecule has 3 N–H and O–H groups in total. The van der Waals surface area contributed by atoms with Gasteiger partial charge in [0.2, 0.25) is 10.0 Å². The standard InChI is InChI=1S/C14H24N4O4S.C2HF3O2/c1-14(12(19)15-13(20)16-14)10-23(21,22)18-8-4-11(5-9-18)17-6-2-3-7-17;3-2(4,5)1(6)7/h11H,2-10H2,1H3,(H2,15,16,19,20);(H,6,7)/t14-;/m1./s1. The number of carbonyl (C=O) groups is 3. The number of nitrogens with one attached hydrogen (secondary N) is 2. The first-order valence-corrected chi connectivity index (χ1v) is 11.0. The number of carboxylic acids is 1. The number of sulfonamides is 1. The van der Waals surface area contributed by atoms with Gasteiger partial charge in [0, 0.05) is 19.1 Å². The third-order valence-corrected chi connectivity index (χ3v) is 7.40. The van der Waals surface area contributed by atoms with E-state index in [2.05, 4.69) is 15.5 Å². The fourth-order valence-corrected chi connectivity index (χ4v) is 5.61. The van der Waals surface area contributed by atoms with Crippen molar-refractivity contribution >= 4 is 27.9 Å². The van der Waals surface area contributed by atoms with Crippen molar-refractivity contribution < 1.29 is 41.1 Å². The first kappa shape index (κ1) is 24.3. The fraction of sp³-hybridized carbons (Fsp3) is 0.812. The maximum Gasteiger partial charge on any atom is 0.490 e. The molecule has 10 nitrogen and oxygen atoms in total. The molecule has 3 aliphatic rings. The van der Waals surface area contributed by atoms with E-state index in [1.54, 1.807) is 0 Å². The van der Waals surface area contributed by atoms with Gasteiger partial charge in [-0.1, -0.05) is 0 Å². The average molecular weight is 458 g/mol. The van der Waals surface area contributed by atoms with E-state index < -0.39 is 45.4 Å². The number of halogens is 3. The third-order valence-electron chi connectivity index (χ3n) is 5.31. The van der Waals surface area contributed by atoms with Crippen LogP contribution in [0.3, 0.4) is 0 Å². The van der Waals surface area contributed by atoms with Crippen molar-refractivity contribution in [3.63, 3.8) is 0 Å². The quantitative estimate of drug-likeness (QED) is 0.509. The summed E-state index contributed by atoms with van der Waals surface area (Å²) in [7, 11) is -3.59. The molecule has 3 rings (SSSR count). The third kappa shape index (κ3) is 6.04. The summed E-state index contributed by atoms with van der Waals surface area (Å²) >= 11 is 0. The van der Waals surface area contributed by atoms with Gasteiger partial charge in [0.25, 0.3) is 5.91 Å². The molecule has 3 amide bonds. The number of hydrogen-bond donors (Lipinski definition) is 3. The molecule has 0 saturated carbocycles.